The van der Waals surface area contributed by atoms with Gasteiger partial charge in [0.25, 0.3) is 5.91 Å². The Balaban J connectivity index is 1.63. The first-order valence-electron chi connectivity index (χ1n) is 11.5. The van der Waals surface area contributed by atoms with Crippen molar-refractivity contribution in [2.45, 2.75) is 44.9 Å². The number of hydrogen-bond acceptors (Lipinski definition) is 5. The van der Waals surface area contributed by atoms with Crippen molar-refractivity contribution in [3.05, 3.63) is 80.3 Å². The Morgan fingerprint density at radius 2 is 1.74 bits per heavy atom. The molecular formula is C26H27Cl2N3O2S. The fourth-order valence-electron chi connectivity index (χ4n) is 5.13. The number of fused-ring (bicyclic) bond motifs is 1. The Morgan fingerprint density at radius 3 is 2.29 bits per heavy atom. The van der Waals surface area contributed by atoms with Crippen LogP contribution < -0.4 is 0 Å². The molecule has 5 nitrogen and oxygen atoms in total. The van der Waals surface area contributed by atoms with Gasteiger partial charge in [0.1, 0.15) is 10.4 Å². The van der Waals surface area contributed by atoms with Gasteiger partial charge < -0.3 is 14.9 Å². The van der Waals surface area contributed by atoms with Crippen LogP contribution in [0, 0.1) is 5.92 Å². The van der Waals surface area contributed by atoms with Gasteiger partial charge in [-0.05, 0) is 66.4 Å². The van der Waals surface area contributed by atoms with Crippen molar-refractivity contribution in [1.29, 1.82) is 0 Å². The number of carbonyl (C=O) groups is 1. The lowest BCUT2D eigenvalue weighted by molar-refractivity contribution is -0.125. The standard InChI is InChI=1S/C26H27Cl2N3O2S/c1-15(2)21-22(24(33)30-13-12-20(32)14-30)34-25-29-26(3,17-6-10-19(28)11-7-17)23(31(21)25)16-4-8-18(27)9-5-16/h4-11,15,20,23,32H,12-14H2,1-3H3/t20-,23?,26?/m1/s1. The second-order valence-electron chi connectivity index (χ2n) is 9.54. The van der Waals surface area contributed by atoms with E-state index in [-0.39, 0.29) is 17.9 Å². The smallest absolute Gasteiger partial charge is 0.262 e. The monoisotopic (exact) mass is 515 g/mol. The number of hydrogen-bond donors (Lipinski definition) is 1. The molecule has 178 valence electrons. The van der Waals surface area contributed by atoms with E-state index >= 15 is 0 Å². The summed E-state index contributed by atoms with van der Waals surface area (Å²) in [6.07, 6.45) is 0.165. The largest absolute Gasteiger partial charge is 0.391 e. The quantitative estimate of drug-likeness (QED) is 0.556. The second-order valence-corrected chi connectivity index (χ2v) is 11.4. The molecule has 5 rings (SSSR count). The molecule has 1 amide bonds. The van der Waals surface area contributed by atoms with Crippen LogP contribution in [0.5, 0.6) is 0 Å². The highest BCUT2D eigenvalue weighted by Gasteiger charge is 2.53. The van der Waals surface area contributed by atoms with Gasteiger partial charge >= 0.3 is 0 Å². The highest BCUT2D eigenvalue weighted by molar-refractivity contribution is 8.18. The molecule has 3 aliphatic rings. The lowest BCUT2D eigenvalue weighted by Gasteiger charge is -2.37. The zero-order valence-electron chi connectivity index (χ0n) is 19.3. The minimum atomic E-state index is -0.584. The van der Waals surface area contributed by atoms with Gasteiger partial charge in [-0.3, -0.25) is 4.79 Å². The van der Waals surface area contributed by atoms with E-state index in [1.165, 1.54) is 11.8 Å². The number of allylic oxidation sites excluding steroid dienone is 1. The Labute approximate surface area is 214 Å². The maximum atomic E-state index is 13.5. The summed E-state index contributed by atoms with van der Waals surface area (Å²) in [6.45, 7) is 7.32. The molecule has 2 unspecified atom stereocenters. The van der Waals surface area contributed by atoms with Crippen molar-refractivity contribution in [2.24, 2.45) is 10.9 Å². The third kappa shape index (κ3) is 3.95. The maximum absolute atomic E-state index is 13.5. The van der Waals surface area contributed by atoms with Crippen LogP contribution in [0.3, 0.4) is 0 Å². The van der Waals surface area contributed by atoms with Gasteiger partial charge in [0, 0.05) is 28.8 Å². The molecule has 1 N–H and O–H groups in total. The molecule has 8 heteroatoms. The van der Waals surface area contributed by atoms with Crippen molar-refractivity contribution in [2.75, 3.05) is 13.1 Å². The second kappa shape index (κ2) is 8.90. The molecule has 0 aromatic heterocycles. The molecular weight excluding hydrogens is 489 g/mol. The van der Waals surface area contributed by atoms with E-state index in [0.717, 1.165) is 22.0 Å². The molecule has 2 aromatic rings. The van der Waals surface area contributed by atoms with Crippen molar-refractivity contribution in [3.63, 3.8) is 0 Å². The molecule has 3 atom stereocenters. The molecule has 2 aromatic carbocycles. The summed E-state index contributed by atoms with van der Waals surface area (Å²) < 4.78 is 0. The fraction of sp³-hybridized carbons (Fsp3) is 0.385. The molecule has 0 radical (unpaired) electrons. The number of benzene rings is 2. The number of amidine groups is 1. The van der Waals surface area contributed by atoms with Crippen LogP contribution in [0.15, 0.2) is 64.1 Å². The molecule has 0 aliphatic carbocycles. The number of aliphatic hydroxyl groups is 1. The van der Waals surface area contributed by atoms with Gasteiger partial charge in [0.05, 0.1) is 12.1 Å². The number of aliphatic hydroxyl groups excluding tert-OH is 1. The van der Waals surface area contributed by atoms with Crippen molar-refractivity contribution < 1.29 is 9.90 Å². The van der Waals surface area contributed by atoms with Gasteiger partial charge in [0.2, 0.25) is 0 Å². The SMILES string of the molecule is CC(C)C1=C(C(=O)N2CC[C@@H](O)C2)SC2=NC(C)(c3ccc(Cl)cc3)C(c3ccc(Cl)cc3)N21. The van der Waals surface area contributed by atoms with E-state index in [1.807, 2.05) is 48.5 Å². The number of amides is 1. The summed E-state index contributed by atoms with van der Waals surface area (Å²) in [5.41, 5.74) is 2.52. The average molecular weight is 516 g/mol. The minimum Gasteiger partial charge on any atom is -0.391 e. The maximum Gasteiger partial charge on any atom is 0.262 e. The highest BCUT2D eigenvalue weighted by Crippen LogP contribution is 2.56. The normalized spacial score (nSPS) is 26.5. The number of thioether (sulfide) groups is 1. The summed E-state index contributed by atoms with van der Waals surface area (Å²) >= 11 is 13.9. The van der Waals surface area contributed by atoms with Crippen LogP contribution in [-0.2, 0) is 10.3 Å². The first-order chi connectivity index (χ1) is 16.2. The van der Waals surface area contributed by atoms with Crippen molar-refractivity contribution in [1.82, 2.24) is 9.80 Å². The van der Waals surface area contributed by atoms with Crippen molar-refractivity contribution in [3.8, 4) is 0 Å². The van der Waals surface area contributed by atoms with Gasteiger partial charge in [-0.1, -0.05) is 61.3 Å². The molecule has 0 spiro atoms. The summed E-state index contributed by atoms with van der Waals surface area (Å²) in [4.78, 5) is 23.5. The molecule has 34 heavy (non-hydrogen) atoms. The first kappa shape index (κ1) is 23.7. The number of rotatable bonds is 4. The van der Waals surface area contributed by atoms with E-state index < -0.39 is 11.6 Å². The highest BCUT2D eigenvalue weighted by atomic mass is 35.5. The van der Waals surface area contributed by atoms with Gasteiger partial charge in [0.15, 0.2) is 5.17 Å². The summed E-state index contributed by atoms with van der Waals surface area (Å²) in [7, 11) is 0. The molecule has 0 bridgehead atoms. The summed E-state index contributed by atoms with van der Waals surface area (Å²) in [5.74, 6) is 0.0828. The van der Waals surface area contributed by atoms with Gasteiger partial charge in [-0.15, -0.1) is 0 Å². The molecule has 3 aliphatic heterocycles. The first-order valence-corrected chi connectivity index (χ1v) is 13.1. The predicted molar refractivity (Wildman–Crippen MR) is 139 cm³/mol. The summed E-state index contributed by atoms with van der Waals surface area (Å²) in [5, 5.41) is 12.2. The number of carbonyl (C=O) groups excluding carboxylic acids is 1. The van der Waals surface area contributed by atoms with Crippen LogP contribution in [0.4, 0.5) is 0 Å². The Kier molecular flexibility index (Phi) is 6.22. The van der Waals surface area contributed by atoms with Crippen LogP contribution in [0.25, 0.3) is 0 Å². The predicted octanol–water partition coefficient (Wildman–Crippen LogP) is 5.83. The number of nitrogens with zero attached hydrogens (tertiary/aromatic N) is 3. The fourth-order valence-corrected chi connectivity index (χ4v) is 6.76. The number of β-amino-alcohol motifs (C(OH)–C–C–N with tert-alkyl or cyclic N) is 1. The number of halogens is 2. The van der Waals surface area contributed by atoms with E-state index in [9.17, 15) is 9.90 Å². The lowest BCUT2D eigenvalue weighted by Crippen LogP contribution is -2.36. The third-order valence-corrected chi connectivity index (χ3v) is 8.38. The van der Waals surface area contributed by atoms with Gasteiger partial charge in [-0.2, -0.15) is 0 Å². The van der Waals surface area contributed by atoms with Gasteiger partial charge in [-0.25, -0.2) is 4.99 Å². The molecule has 0 saturated carbocycles. The van der Waals surface area contributed by atoms with Crippen LogP contribution >= 0.6 is 35.0 Å². The van der Waals surface area contributed by atoms with E-state index in [1.54, 1.807) is 4.90 Å². The molecule has 1 fully saturated rings. The molecule has 1 saturated heterocycles. The topological polar surface area (TPSA) is 56.1 Å². The Hall–Kier alpha value is -1.99. The molecule has 3 heterocycles. The van der Waals surface area contributed by atoms with Crippen LogP contribution in [-0.4, -0.2) is 45.2 Å². The van der Waals surface area contributed by atoms with Crippen molar-refractivity contribution >= 4 is 46.0 Å². The lowest BCUT2D eigenvalue weighted by atomic mass is 9.81. The van der Waals surface area contributed by atoms with E-state index in [2.05, 4.69) is 25.7 Å². The summed E-state index contributed by atoms with van der Waals surface area (Å²) in [6, 6.07) is 15.6. The Morgan fingerprint density at radius 1 is 1.12 bits per heavy atom. The van der Waals surface area contributed by atoms with Crippen LogP contribution in [0.1, 0.15) is 44.4 Å². The zero-order chi connectivity index (χ0) is 24.2. The van der Waals surface area contributed by atoms with E-state index in [4.69, 9.17) is 28.2 Å². The number of likely N-dealkylation sites (tertiary alicyclic amines) is 1. The van der Waals surface area contributed by atoms with Crippen LogP contribution in [0.2, 0.25) is 10.0 Å². The zero-order valence-corrected chi connectivity index (χ0v) is 21.7. The van der Waals surface area contributed by atoms with E-state index in [0.29, 0.717) is 34.5 Å². The number of aliphatic imine (C=N–C) groups is 1. The third-order valence-electron chi connectivity index (χ3n) is 6.82. The Bertz CT molecular complexity index is 1180. The average Bonchev–Trinajstić information content (AvgIpc) is 3.46. The minimum absolute atomic E-state index is 0.0228.